The number of esters is 1. The van der Waals surface area contributed by atoms with Gasteiger partial charge >= 0.3 is 5.97 Å². The second-order valence-corrected chi connectivity index (χ2v) is 5.78. The third-order valence-corrected chi connectivity index (χ3v) is 3.54. The summed E-state index contributed by atoms with van der Waals surface area (Å²) in [7, 11) is 1.29. The lowest BCUT2D eigenvalue weighted by Crippen LogP contribution is -2.33. The van der Waals surface area contributed by atoms with E-state index < -0.39 is 15.8 Å². The van der Waals surface area contributed by atoms with E-state index in [4.69, 9.17) is 0 Å². The van der Waals surface area contributed by atoms with Gasteiger partial charge in [0.05, 0.1) is 12.7 Å². The molecule has 1 unspecified atom stereocenters. The number of halogens is 2. The minimum absolute atomic E-state index is 0.112. The number of carbonyl (C=O) groups excluding carboxylic acids is 2. The monoisotopic (exact) mass is 427 g/mol. The maximum atomic E-state index is 11.8. The van der Waals surface area contributed by atoms with Crippen LogP contribution in [0.25, 0.3) is 0 Å². The number of hydrogen-bond donors (Lipinski definition) is 2. The van der Waals surface area contributed by atoms with Gasteiger partial charge in [-0.05, 0) is 18.2 Å². The molecule has 0 saturated carbocycles. The quantitative estimate of drug-likeness (QED) is 0.437. The van der Waals surface area contributed by atoms with E-state index >= 15 is 0 Å². The highest BCUT2D eigenvalue weighted by atomic mass is 127. The lowest BCUT2D eigenvalue weighted by Gasteiger charge is -2.10. The van der Waals surface area contributed by atoms with Crippen LogP contribution in [0.15, 0.2) is 22.7 Å². The first kappa shape index (κ1) is 15.2. The van der Waals surface area contributed by atoms with E-state index in [1.54, 1.807) is 6.07 Å². The Bertz CT molecular complexity index is 466. The molecule has 0 radical (unpaired) electrons. The minimum atomic E-state index is -0.467. The number of rotatable bonds is 4. The summed E-state index contributed by atoms with van der Waals surface area (Å²) in [5.41, 5.74) is 0.151. The molecule has 2 N–H and O–H groups in total. The van der Waals surface area contributed by atoms with Gasteiger partial charge in [-0.25, -0.2) is 0 Å². The van der Waals surface area contributed by atoms with Crippen LogP contribution in [0.3, 0.4) is 0 Å². The van der Waals surface area contributed by atoms with Crippen LogP contribution in [0.2, 0.25) is 0 Å². The molecule has 5 nitrogen and oxygen atoms in total. The number of alkyl halides is 1. The number of methoxy groups -OCH3 is 1. The summed E-state index contributed by atoms with van der Waals surface area (Å²) in [6.07, 6.45) is 0. The summed E-state index contributed by atoms with van der Waals surface area (Å²) in [6.45, 7) is 0.137. The Morgan fingerprint density at radius 2 is 2.22 bits per heavy atom. The number of phenolic OH excluding ortho intramolecular Hbond substituents is 1. The molecule has 0 spiro atoms. The minimum Gasteiger partial charge on any atom is -0.507 e. The number of hydrogen-bond acceptors (Lipinski definition) is 4. The molecule has 0 heterocycles. The molecule has 1 amide bonds. The highest BCUT2D eigenvalue weighted by Crippen LogP contribution is 2.21. The number of carbonyl (C=O) groups is 2. The molecule has 0 aromatic heterocycles. The molecule has 0 saturated heterocycles. The molecule has 18 heavy (non-hydrogen) atoms. The number of aromatic hydroxyl groups is 1. The Morgan fingerprint density at radius 1 is 1.56 bits per heavy atom. The standard InChI is InChI=1S/C11H11BrINO4/c1-18-11(17)8(13)5-14-10(16)7-4-6(12)2-3-9(7)15/h2-4,8,15H,5H2,1H3,(H,14,16). The fourth-order valence-electron chi connectivity index (χ4n) is 1.18. The van der Waals surface area contributed by atoms with Crippen molar-refractivity contribution in [3.05, 3.63) is 28.2 Å². The number of phenols is 1. The maximum absolute atomic E-state index is 11.8. The number of ether oxygens (including phenoxy) is 1. The van der Waals surface area contributed by atoms with Crippen LogP contribution in [0.4, 0.5) is 0 Å². The molecular weight excluding hydrogens is 417 g/mol. The van der Waals surface area contributed by atoms with Crippen LogP contribution in [0.1, 0.15) is 10.4 Å². The largest absolute Gasteiger partial charge is 0.507 e. The fourth-order valence-corrected chi connectivity index (χ4v) is 2.01. The first-order chi connectivity index (χ1) is 8.45. The predicted molar refractivity (Wildman–Crippen MR) is 78.0 cm³/mol. The summed E-state index contributed by atoms with van der Waals surface area (Å²) in [5.74, 6) is -0.965. The summed E-state index contributed by atoms with van der Waals surface area (Å²) >= 11 is 5.09. The SMILES string of the molecule is COC(=O)C(I)CNC(=O)c1cc(Br)ccc1O. The van der Waals surface area contributed by atoms with E-state index in [1.807, 2.05) is 22.6 Å². The molecule has 98 valence electrons. The van der Waals surface area contributed by atoms with Gasteiger partial charge in [0.25, 0.3) is 5.91 Å². The van der Waals surface area contributed by atoms with E-state index in [9.17, 15) is 14.7 Å². The van der Waals surface area contributed by atoms with Gasteiger partial charge < -0.3 is 15.2 Å². The molecule has 1 aromatic rings. The topological polar surface area (TPSA) is 75.6 Å². The average Bonchev–Trinajstić information content (AvgIpc) is 2.37. The van der Waals surface area contributed by atoms with Gasteiger partial charge in [-0.1, -0.05) is 38.5 Å². The summed E-state index contributed by atoms with van der Waals surface area (Å²) in [4.78, 5) is 22.9. The third kappa shape index (κ3) is 4.13. The van der Waals surface area contributed by atoms with Crippen molar-refractivity contribution in [2.45, 2.75) is 3.92 Å². The smallest absolute Gasteiger partial charge is 0.320 e. The van der Waals surface area contributed by atoms with Crippen molar-refractivity contribution in [1.29, 1.82) is 0 Å². The molecule has 1 rings (SSSR count). The molecule has 7 heteroatoms. The Morgan fingerprint density at radius 3 is 2.83 bits per heavy atom. The van der Waals surface area contributed by atoms with Crippen molar-refractivity contribution in [2.24, 2.45) is 0 Å². The van der Waals surface area contributed by atoms with Crippen LogP contribution in [-0.2, 0) is 9.53 Å². The number of benzene rings is 1. The first-order valence-corrected chi connectivity index (χ1v) is 6.98. The van der Waals surface area contributed by atoms with Gasteiger partial charge in [-0.3, -0.25) is 9.59 Å². The van der Waals surface area contributed by atoms with Crippen molar-refractivity contribution in [2.75, 3.05) is 13.7 Å². The van der Waals surface area contributed by atoms with Gasteiger partial charge in [-0.2, -0.15) is 0 Å². The third-order valence-electron chi connectivity index (χ3n) is 2.10. The van der Waals surface area contributed by atoms with Crippen molar-refractivity contribution in [3.63, 3.8) is 0 Å². The molecule has 1 aromatic carbocycles. The highest BCUT2D eigenvalue weighted by Gasteiger charge is 2.18. The zero-order valence-corrected chi connectivity index (χ0v) is 13.2. The highest BCUT2D eigenvalue weighted by molar-refractivity contribution is 14.1. The average molecular weight is 428 g/mol. The van der Waals surface area contributed by atoms with Gasteiger partial charge in [0.1, 0.15) is 9.67 Å². The van der Waals surface area contributed by atoms with E-state index in [0.29, 0.717) is 4.47 Å². The zero-order valence-electron chi connectivity index (χ0n) is 9.44. The second kappa shape index (κ2) is 6.93. The Hall–Kier alpha value is -0.830. The second-order valence-electron chi connectivity index (χ2n) is 3.36. The molecule has 0 aliphatic rings. The molecular formula is C11H11BrINO4. The van der Waals surface area contributed by atoms with E-state index in [0.717, 1.165) is 0 Å². The Balaban J connectivity index is 2.66. The fraction of sp³-hybridized carbons (Fsp3) is 0.273. The molecule has 0 aliphatic carbocycles. The van der Waals surface area contributed by atoms with Crippen LogP contribution in [0, 0.1) is 0 Å². The van der Waals surface area contributed by atoms with Gasteiger partial charge in [0.15, 0.2) is 0 Å². The van der Waals surface area contributed by atoms with Gasteiger partial charge in [0, 0.05) is 11.0 Å². The van der Waals surface area contributed by atoms with Gasteiger partial charge in [0.2, 0.25) is 0 Å². The lowest BCUT2D eigenvalue weighted by atomic mass is 10.2. The van der Waals surface area contributed by atoms with Gasteiger partial charge in [-0.15, -0.1) is 0 Å². The van der Waals surface area contributed by atoms with E-state index in [-0.39, 0.29) is 17.9 Å². The van der Waals surface area contributed by atoms with Crippen molar-refractivity contribution in [3.8, 4) is 5.75 Å². The Kier molecular flexibility index (Phi) is 5.86. The van der Waals surface area contributed by atoms with Crippen LogP contribution in [-0.4, -0.2) is 34.6 Å². The van der Waals surface area contributed by atoms with Crippen LogP contribution < -0.4 is 5.32 Å². The molecule has 0 aliphatic heterocycles. The number of nitrogens with one attached hydrogen (secondary N) is 1. The predicted octanol–water partition coefficient (Wildman–Crippen LogP) is 1.86. The molecule has 1 atom stereocenters. The van der Waals surface area contributed by atoms with Crippen molar-refractivity contribution < 1.29 is 19.4 Å². The number of amides is 1. The Labute approximate surface area is 126 Å². The van der Waals surface area contributed by atoms with Crippen LogP contribution >= 0.6 is 38.5 Å². The summed E-state index contributed by atoms with van der Waals surface area (Å²) in [5, 5.41) is 12.1. The molecule has 0 bridgehead atoms. The lowest BCUT2D eigenvalue weighted by molar-refractivity contribution is -0.139. The van der Waals surface area contributed by atoms with Crippen molar-refractivity contribution >= 4 is 50.4 Å². The molecule has 0 fully saturated rings. The zero-order chi connectivity index (χ0) is 13.7. The normalized spacial score (nSPS) is 11.7. The van der Waals surface area contributed by atoms with E-state index in [1.165, 1.54) is 19.2 Å². The van der Waals surface area contributed by atoms with Crippen molar-refractivity contribution in [1.82, 2.24) is 5.32 Å². The maximum Gasteiger partial charge on any atom is 0.320 e. The summed E-state index contributed by atoms with van der Waals surface area (Å²) < 4.78 is 4.76. The first-order valence-electron chi connectivity index (χ1n) is 4.94. The van der Waals surface area contributed by atoms with E-state index in [2.05, 4.69) is 26.0 Å². The van der Waals surface area contributed by atoms with Crippen LogP contribution in [0.5, 0.6) is 5.75 Å². The summed E-state index contributed by atoms with van der Waals surface area (Å²) in [6, 6.07) is 4.55.